The van der Waals surface area contributed by atoms with Gasteiger partial charge in [-0.05, 0) is 18.5 Å². The molecule has 40 heavy (non-hydrogen) atoms. The summed E-state index contributed by atoms with van der Waals surface area (Å²) in [4.78, 5) is 17.0. The average Bonchev–Trinajstić information content (AvgIpc) is 3.37. The summed E-state index contributed by atoms with van der Waals surface area (Å²) >= 11 is 0. The van der Waals surface area contributed by atoms with E-state index in [2.05, 4.69) is 43.5 Å². The van der Waals surface area contributed by atoms with E-state index < -0.39 is 15.8 Å². The number of aromatic nitrogens is 5. The van der Waals surface area contributed by atoms with Crippen LogP contribution < -0.4 is 14.4 Å². The molecule has 11 nitrogen and oxygen atoms in total. The maximum atomic E-state index is 15.6. The number of hydrogen-bond donors (Lipinski definition) is 1. The largest absolute Gasteiger partial charge is 0.436 e. The van der Waals surface area contributed by atoms with Gasteiger partial charge < -0.3 is 14.5 Å². The molecule has 0 saturated carbocycles. The molecule has 1 aliphatic rings. The Balaban J connectivity index is 1.54. The highest BCUT2D eigenvalue weighted by Crippen LogP contribution is 2.34. The zero-order chi connectivity index (χ0) is 28.4. The minimum Gasteiger partial charge on any atom is -0.436 e. The van der Waals surface area contributed by atoms with Crippen molar-refractivity contribution in [1.82, 2.24) is 29.6 Å². The molecule has 1 fully saturated rings. The SMILES string of the molecule is CC(C)c1ccccc1-c1cc(Oc2ccnc(N3CCN(C)CC3)c2F)nc(NS(=O)(=O)c2cnn(C)c2)n1. The van der Waals surface area contributed by atoms with Crippen molar-refractivity contribution in [1.29, 1.82) is 0 Å². The fraction of sp³-hybridized carbons (Fsp3) is 0.333. The molecule has 0 atom stereocenters. The highest BCUT2D eigenvalue weighted by Gasteiger charge is 2.23. The van der Waals surface area contributed by atoms with Gasteiger partial charge in [0.2, 0.25) is 17.6 Å². The fourth-order valence-corrected chi connectivity index (χ4v) is 5.38. The Hall–Kier alpha value is -4.10. The topological polar surface area (TPSA) is 118 Å². The number of benzene rings is 1. The van der Waals surface area contributed by atoms with Gasteiger partial charge in [-0.3, -0.25) is 4.68 Å². The molecule has 0 aliphatic carbocycles. The first-order valence-corrected chi connectivity index (χ1v) is 14.3. The lowest BCUT2D eigenvalue weighted by molar-refractivity contribution is 0.310. The van der Waals surface area contributed by atoms with Gasteiger partial charge in [0.25, 0.3) is 10.0 Å². The van der Waals surface area contributed by atoms with Crippen molar-refractivity contribution >= 4 is 21.8 Å². The van der Waals surface area contributed by atoms with Gasteiger partial charge in [-0.2, -0.15) is 14.5 Å². The number of piperazine rings is 1. The minimum atomic E-state index is -4.05. The van der Waals surface area contributed by atoms with E-state index in [1.165, 1.54) is 29.3 Å². The molecule has 0 bridgehead atoms. The third-order valence-corrected chi connectivity index (χ3v) is 7.91. The second kappa shape index (κ2) is 11.2. The van der Waals surface area contributed by atoms with Crippen molar-refractivity contribution in [2.45, 2.75) is 24.7 Å². The van der Waals surface area contributed by atoms with Gasteiger partial charge in [0.05, 0.1) is 11.9 Å². The van der Waals surface area contributed by atoms with E-state index in [1.54, 1.807) is 13.1 Å². The lowest BCUT2D eigenvalue weighted by atomic mass is 9.95. The Morgan fingerprint density at radius 1 is 1.05 bits per heavy atom. The standard InChI is InChI=1S/C27H31FN8O3S/c1-18(2)20-7-5-6-8-21(20)22-15-24(32-27(31-22)33-40(37,38)19-16-30-35(4)17-19)39-23-9-10-29-26(25(23)28)36-13-11-34(3)12-14-36/h5-10,15-18H,11-14H2,1-4H3,(H,31,32,33). The molecule has 0 spiro atoms. The number of ether oxygens (including phenoxy) is 1. The predicted molar refractivity (Wildman–Crippen MR) is 150 cm³/mol. The van der Waals surface area contributed by atoms with Crippen LogP contribution in [0.5, 0.6) is 11.6 Å². The van der Waals surface area contributed by atoms with E-state index in [-0.39, 0.29) is 34.2 Å². The van der Waals surface area contributed by atoms with Crippen LogP contribution in [0.25, 0.3) is 11.3 Å². The van der Waals surface area contributed by atoms with Gasteiger partial charge in [0.1, 0.15) is 4.90 Å². The summed E-state index contributed by atoms with van der Waals surface area (Å²) in [6, 6.07) is 10.6. The molecule has 1 aromatic carbocycles. The second-order valence-electron chi connectivity index (χ2n) is 9.95. The third kappa shape index (κ3) is 5.89. The monoisotopic (exact) mass is 566 g/mol. The van der Waals surface area contributed by atoms with Gasteiger partial charge in [0, 0.05) is 63.3 Å². The molecular formula is C27H31FN8O3S. The predicted octanol–water partition coefficient (Wildman–Crippen LogP) is 3.88. The summed E-state index contributed by atoms with van der Waals surface area (Å²) in [7, 11) is -0.416. The maximum Gasteiger partial charge on any atom is 0.267 e. The summed E-state index contributed by atoms with van der Waals surface area (Å²) in [6.45, 7) is 6.95. The Bertz CT molecular complexity index is 1620. The minimum absolute atomic E-state index is 0.0260. The van der Waals surface area contributed by atoms with Crippen LogP contribution in [0, 0.1) is 5.82 Å². The quantitative estimate of drug-likeness (QED) is 0.339. The number of pyridine rings is 1. The van der Waals surface area contributed by atoms with E-state index in [1.807, 2.05) is 36.2 Å². The fourth-order valence-electron chi connectivity index (χ4n) is 4.46. The van der Waals surface area contributed by atoms with Crippen molar-refractivity contribution in [3.8, 4) is 22.9 Å². The second-order valence-corrected chi connectivity index (χ2v) is 11.6. The molecule has 13 heteroatoms. The first kappa shape index (κ1) is 27.5. The summed E-state index contributed by atoms with van der Waals surface area (Å²) < 4.78 is 51.4. The number of nitrogens with one attached hydrogen (secondary N) is 1. The normalized spacial score (nSPS) is 14.5. The molecule has 3 aromatic heterocycles. The van der Waals surface area contributed by atoms with Gasteiger partial charge in [-0.25, -0.2) is 23.1 Å². The maximum absolute atomic E-state index is 15.6. The third-order valence-electron chi connectivity index (χ3n) is 6.63. The van der Waals surface area contributed by atoms with Gasteiger partial charge >= 0.3 is 0 Å². The Morgan fingerprint density at radius 2 is 1.80 bits per heavy atom. The van der Waals surface area contributed by atoms with Crippen LogP contribution in [0.15, 0.2) is 59.9 Å². The first-order chi connectivity index (χ1) is 19.1. The molecule has 0 amide bonds. The van der Waals surface area contributed by atoms with Crippen molar-refractivity contribution < 1.29 is 17.5 Å². The average molecular weight is 567 g/mol. The summed E-state index contributed by atoms with van der Waals surface area (Å²) in [5.74, 6) is -0.581. The Kier molecular flexibility index (Phi) is 7.68. The van der Waals surface area contributed by atoms with Crippen molar-refractivity contribution in [3.05, 3.63) is 66.4 Å². The van der Waals surface area contributed by atoms with Crippen LogP contribution in [-0.2, 0) is 17.1 Å². The molecule has 1 saturated heterocycles. The highest BCUT2D eigenvalue weighted by atomic mass is 32.2. The lowest BCUT2D eigenvalue weighted by Crippen LogP contribution is -2.45. The van der Waals surface area contributed by atoms with Gasteiger partial charge in [0.15, 0.2) is 11.6 Å². The molecule has 210 valence electrons. The Labute approximate surface area is 232 Å². The molecule has 1 N–H and O–H groups in total. The summed E-state index contributed by atoms with van der Waals surface area (Å²) in [5.41, 5.74) is 2.20. The zero-order valence-corrected chi connectivity index (χ0v) is 23.6. The summed E-state index contributed by atoms with van der Waals surface area (Å²) in [6.07, 6.45) is 4.07. The number of sulfonamides is 1. The lowest BCUT2D eigenvalue weighted by Gasteiger charge is -2.33. The van der Waals surface area contributed by atoms with E-state index in [4.69, 9.17) is 4.74 Å². The number of anilines is 2. The molecular weight excluding hydrogens is 535 g/mol. The first-order valence-electron chi connectivity index (χ1n) is 12.9. The van der Waals surface area contributed by atoms with Crippen molar-refractivity contribution in [2.24, 2.45) is 7.05 Å². The van der Waals surface area contributed by atoms with E-state index in [0.29, 0.717) is 18.8 Å². The molecule has 4 aromatic rings. The van der Waals surface area contributed by atoms with Crippen LogP contribution in [0.1, 0.15) is 25.3 Å². The highest BCUT2D eigenvalue weighted by molar-refractivity contribution is 7.92. The van der Waals surface area contributed by atoms with Crippen LogP contribution >= 0.6 is 0 Å². The van der Waals surface area contributed by atoms with Crippen LogP contribution in [0.3, 0.4) is 0 Å². The van der Waals surface area contributed by atoms with Crippen LogP contribution in [0.2, 0.25) is 0 Å². The number of halogens is 1. The zero-order valence-electron chi connectivity index (χ0n) is 22.7. The van der Waals surface area contributed by atoms with E-state index in [0.717, 1.165) is 24.2 Å². The number of hydrogen-bond acceptors (Lipinski definition) is 9. The van der Waals surface area contributed by atoms with Crippen LogP contribution in [0.4, 0.5) is 16.2 Å². The number of likely N-dealkylation sites (N-methyl/N-ethyl adjacent to an activating group) is 1. The molecule has 4 heterocycles. The van der Waals surface area contributed by atoms with Crippen molar-refractivity contribution in [2.75, 3.05) is 42.8 Å². The van der Waals surface area contributed by atoms with E-state index >= 15 is 4.39 Å². The van der Waals surface area contributed by atoms with E-state index in [9.17, 15) is 8.42 Å². The molecule has 5 rings (SSSR count). The van der Waals surface area contributed by atoms with Crippen molar-refractivity contribution in [3.63, 3.8) is 0 Å². The number of nitrogens with zero attached hydrogens (tertiary/aromatic N) is 7. The number of rotatable bonds is 8. The van der Waals surface area contributed by atoms with Gasteiger partial charge in [-0.15, -0.1) is 0 Å². The molecule has 1 aliphatic heterocycles. The Morgan fingerprint density at radius 3 is 2.50 bits per heavy atom. The van der Waals surface area contributed by atoms with Gasteiger partial charge in [-0.1, -0.05) is 38.1 Å². The molecule has 0 unspecified atom stereocenters. The van der Waals surface area contributed by atoms with Crippen LogP contribution in [-0.4, -0.2) is 71.3 Å². The molecule has 0 radical (unpaired) electrons. The summed E-state index contributed by atoms with van der Waals surface area (Å²) in [5, 5.41) is 3.93. The number of aryl methyl sites for hydroxylation is 1. The smallest absolute Gasteiger partial charge is 0.267 e.